The number of amides is 4. The van der Waals surface area contributed by atoms with Crippen LogP contribution in [0, 0.1) is 13.8 Å². The Balaban J connectivity index is 2.52. The van der Waals surface area contributed by atoms with Gasteiger partial charge in [-0.3, -0.25) is 14.4 Å². The number of primary amides is 1. The van der Waals surface area contributed by atoms with E-state index < -0.39 is 35.6 Å². The molecule has 4 amide bonds. The van der Waals surface area contributed by atoms with Crippen molar-refractivity contribution in [1.82, 2.24) is 15.5 Å². The summed E-state index contributed by atoms with van der Waals surface area (Å²) >= 11 is 0. The summed E-state index contributed by atoms with van der Waals surface area (Å²) in [5, 5.41) is 5.83. The molecule has 0 radical (unpaired) electrons. The molecule has 1 saturated carbocycles. The summed E-state index contributed by atoms with van der Waals surface area (Å²) in [4.78, 5) is 53.9. The number of ether oxygens (including phenoxy) is 1. The molecule has 212 valence electrons. The number of nitrogens with zero attached hydrogens (tertiary/aromatic N) is 1. The Morgan fingerprint density at radius 3 is 2.13 bits per heavy atom. The van der Waals surface area contributed by atoms with Gasteiger partial charge in [-0.25, -0.2) is 4.79 Å². The molecular weight excluding hydrogens is 484 g/mol. The molecule has 38 heavy (non-hydrogen) atoms. The van der Waals surface area contributed by atoms with Crippen molar-refractivity contribution in [3.63, 3.8) is 0 Å². The molecule has 0 heterocycles. The van der Waals surface area contributed by atoms with Gasteiger partial charge in [-0.15, -0.1) is 0 Å². The Morgan fingerprint density at radius 1 is 1.05 bits per heavy atom. The van der Waals surface area contributed by atoms with Crippen molar-refractivity contribution < 1.29 is 23.9 Å². The lowest BCUT2D eigenvalue weighted by Gasteiger charge is -2.39. The molecule has 1 aromatic rings. The number of hydrogen-bond acceptors (Lipinski definition) is 5. The average molecular weight is 531 g/mol. The Hall–Kier alpha value is -3.10. The van der Waals surface area contributed by atoms with E-state index >= 15 is 0 Å². The molecule has 0 saturated heterocycles. The molecule has 1 aliphatic rings. The van der Waals surface area contributed by atoms with Crippen molar-refractivity contribution >= 4 is 23.8 Å². The van der Waals surface area contributed by atoms with Gasteiger partial charge in [-0.1, -0.05) is 37.5 Å². The molecule has 2 rings (SSSR count). The zero-order chi connectivity index (χ0) is 28.6. The zero-order valence-electron chi connectivity index (χ0n) is 24.1. The van der Waals surface area contributed by atoms with Crippen molar-refractivity contribution in [2.75, 3.05) is 0 Å². The lowest BCUT2D eigenvalue weighted by Crippen LogP contribution is -2.56. The molecule has 2 unspecified atom stereocenters. The smallest absolute Gasteiger partial charge is 0.408 e. The molecule has 9 heteroatoms. The number of aryl methyl sites for hydroxylation is 2. The average Bonchev–Trinajstić information content (AvgIpc) is 2.79. The molecule has 1 fully saturated rings. The first-order chi connectivity index (χ1) is 17.7. The molecule has 1 aliphatic carbocycles. The number of nitrogens with one attached hydrogen (secondary N) is 2. The summed E-state index contributed by atoms with van der Waals surface area (Å²) in [6, 6.07) is 3.42. The molecule has 0 aromatic heterocycles. The normalized spacial score (nSPS) is 15.9. The first-order valence-electron chi connectivity index (χ1n) is 13.7. The minimum Gasteiger partial charge on any atom is -0.444 e. The third-order valence-electron chi connectivity index (χ3n) is 6.77. The van der Waals surface area contributed by atoms with Gasteiger partial charge in [0.05, 0.1) is 0 Å². The Bertz CT molecular complexity index is 975. The maximum atomic E-state index is 14.2. The quantitative estimate of drug-likeness (QED) is 0.417. The van der Waals surface area contributed by atoms with Gasteiger partial charge in [0.15, 0.2) is 0 Å². The molecule has 1 aromatic carbocycles. The van der Waals surface area contributed by atoms with Gasteiger partial charge in [0.25, 0.3) is 0 Å². The molecule has 0 bridgehead atoms. The van der Waals surface area contributed by atoms with E-state index in [-0.39, 0.29) is 30.8 Å². The fourth-order valence-corrected chi connectivity index (χ4v) is 5.04. The van der Waals surface area contributed by atoms with Gasteiger partial charge >= 0.3 is 6.09 Å². The monoisotopic (exact) mass is 530 g/mol. The van der Waals surface area contributed by atoms with E-state index in [0.29, 0.717) is 0 Å². The second-order valence-corrected chi connectivity index (χ2v) is 11.6. The van der Waals surface area contributed by atoms with Gasteiger partial charge in [0.2, 0.25) is 17.7 Å². The standard InChI is InChI=1S/C29H46N4O5/c1-18(2)33(27(36)22(16-17-23(30)34)32-28(37)38-29(5,6)7)25(24-19(3)12-11-13-20(24)4)26(35)31-21-14-9-8-10-15-21/h11-13,18,21-22,25H,8-10,14-17H2,1-7H3,(H2,30,34)(H,31,35)(H,32,37). The summed E-state index contributed by atoms with van der Waals surface area (Å²) < 4.78 is 5.38. The highest BCUT2D eigenvalue weighted by molar-refractivity contribution is 5.93. The maximum absolute atomic E-state index is 14.2. The van der Waals surface area contributed by atoms with Crippen LogP contribution in [0.15, 0.2) is 18.2 Å². The minimum atomic E-state index is -1.10. The zero-order valence-corrected chi connectivity index (χ0v) is 24.1. The van der Waals surface area contributed by atoms with Crippen LogP contribution >= 0.6 is 0 Å². The molecule has 0 spiro atoms. The molecule has 9 nitrogen and oxygen atoms in total. The first-order valence-corrected chi connectivity index (χ1v) is 13.7. The summed E-state index contributed by atoms with van der Waals surface area (Å²) in [5.41, 5.74) is 7.14. The fraction of sp³-hybridized carbons (Fsp3) is 0.655. The summed E-state index contributed by atoms with van der Waals surface area (Å²) in [5.74, 6) is -1.31. The van der Waals surface area contributed by atoms with Crippen molar-refractivity contribution in [3.8, 4) is 0 Å². The lowest BCUT2D eigenvalue weighted by molar-refractivity contribution is -0.145. The van der Waals surface area contributed by atoms with Crippen molar-refractivity contribution in [2.24, 2.45) is 5.73 Å². The second-order valence-electron chi connectivity index (χ2n) is 11.6. The Kier molecular flexibility index (Phi) is 11.2. The van der Waals surface area contributed by atoms with Gasteiger partial charge in [0, 0.05) is 18.5 Å². The number of nitrogens with two attached hydrogens (primary N) is 1. The summed E-state index contributed by atoms with van der Waals surface area (Å²) in [6.07, 6.45) is 4.17. The number of carbonyl (C=O) groups is 4. The number of rotatable bonds is 10. The van der Waals surface area contributed by atoms with Crippen LogP contribution < -0.4 is 16.4 Å². The van der Waals surface area contributed by atoms with E-state index in [1.807, 2.05) is 45.9 Å². The van der Waals surface area contributed by atoms with Crippen molar-refractivity contribution in [1.29, 1.82) is 0 Å². The van der Waals surface area contributed by atoms with E-state index in [9.17, 15) is 19.2 Å². The predicted octanol–water partition coefficient (Wildman–Crippen LogP) is 4.19. The number of hydrogen-bond donors (Lipinski definition) is 3. The van der Waals surface area contributed by atoms with Crippen LogP contribution in [-0.4, -0.2) is 52.4 Å². The summed E-state index contributed by atoms with van der Waals surface area (Å²) in [7, 11) is 0. The summed E-state index contributed by atoms with van der Waals surface area (Å²) in [6.45, 7) is 12.7. The number of alkyl carbamates (subject to hydrolysis) is 1. The van der Waals surface area contributed by atoms with Crippen LogP contribution in [0.1, 0.15) is 102 Å². The highest BCUT2D eigenvalue weighted by atomic mass is 16.6. The second kappa shape index (κ2) is 13.6. The van der Waals surface area contributed by atoms with Crippen LogP contribution in [0.4, 0.5) is 4.79 Å². The van der Waals surface area contributed by atoms with Crippen LogP contribution in [0.5, 0.6) is 0 Å². The molecular formula is C29H46N4O5. The SMILES string of the molecule is Cc1cccc(C)c1C(C(=O)NC1CCCCC1)N(C(=O)C(CCC(N)=O)NC(=O)OC(C)(C)C)C(C)C. The van der Waals surface area contributed by atoms with E-state index in [0.717, 1.165) is 48.8 Å². The van der Waals surface area contributed by atoms with Gasteiger partial charge in [-0.05, 0) is 84.4 Å². The van der Waals surface area contributed by atoms with Gasteiger partial charge in [-0.2, -0.15) is 0 Å². The lowest BCUT2D eigenvalue weighted by atomic mass is 9.91. The van der Waals surface area contributed by atoms with Crippen molar-refractivity contribution in [3.05, 3.63) is 34.9 Å². The van der Waals surface area contributed by atoms with E-state index in [1.54, 1.807) is 20.8 Å². The van der Waals surface area contributed by atoms with Crippen LogP contribution in [0.25, 0.3) is 0 Å². The molecule has 0 aliphatic heterocycles. The number of benzene rings is 1. The molecule has 2 atom stereocenters. The third kappa shape index (κ3) is 9.03. The van der Waals surface area contributed by atoms with E-state index in [4.69, 9.17) is 10.5 Å². The van der Waals surface area contributed by atoms with Gasteiger partial charge < -0.3 is 26.0 Å². The van der Waals surface area contributed by atoms with E-state index in [2.05, 4.69) is 10.6 Å². The maximum Gasteiger partial charge on any atom is 0.408 e. The Labute approximate surface area is 227 Å². The van der Waals surface area contributed by atoms with E-state index in [1.165, 1.54) is 4.90 Å². The largest absolute Gasteiger partial charge is 0.444 e. The highest BCUT2D eigenvalue weighted by Gasteiger charge is 2.39. The minimum absolute atomic E-state index is 0.0135. The Morgan fingerprint density at radius 2 is 1.63 bits per heavy atom. The van der Waals surface area contributed by atoms with Crippen LogP contribution in [0.2, 0.25) is 0 Å². The van der Waals surface area contributed by atoms with Crippen molar-refractivity contribution in [2.45, 2.75) is 123 Å². The topological polar surface area (TPSA) is 131 Å². The predicted molar refractivity (Wildman–Crippen MR) is 147 cm³/mol. The van der Waals surface area contributed by atoms with Crippen LogP contribution in [0.3, 0.4) is 0 Å². The third-order valence-corrected chi connectivity index (χ3v) is 6.77. The molecule has 4 N–H and O–H groups in total. The van der Waals surface area contributed by atoms with Gasteiger partial charge in [0.1, 0.15) is 17.7 Å². The fourth-order valence-electron chi connectivity index (χ4n) is 5.04. The first kappa shape index (κ1) is 31.1. The number of carbonyl (C=O) groups excluding carboxylic acids is 4. The highest BCUT2D eigenvalue weighted by Crippen LogP contribution is 2.31. The van der Waals surface area contributed by atoms with Crippen LogP contribution in [-0.2, 0) is 19.1 Å².